The number of carbonyl (C=O) groups excluding carboxylic acids is 1. The highest BCUT2D eigenvalue weighted by Gasteiger charge is 2.34. The van der Waals surface area contributed by atoms with E-state index in [9.17, 15) is 13.2 Å². The van der Waals surface area contributed by atoms with Crippen molar-refractivity contribution in [2.24, 2.45) is 5.84 Å². The van der Waals surface area contributed by atoms with Crippen LogP contribution in [0.25, 0.3) is 11.1 Å². The van der Waals surface area contributed by atoms with E-state index in [1.165, 1.54) is 13.2 Å². The number of hydrogen-bond donors (Lipinski definition) is 3. The van der Waals surface area contributed by atoms with E-state index in [0.717, 1.165) is 22.9 Å². The second-order valence-electron chi connectivity index (χ2n) is 6.86. The van der Waals surface area contributed by atoms with Crippen LogP contribution < -0.4 is 26.1 Å². The number of nitrogens with two attached hydrogens (primary N) is 1. The summed E-state index contributed by atoms with van der Waals surface area (Å²) in [7, 11) is 3.31. The van der Waals surface area contributed by atoms with E-state index < -0.39 is 11.7 Å². The van der Waals surface area contributed by atoms with Crippen LogP contribution in [0.3, 0.4) is 0 Å². The smallest absolute Gasteiger partial charge is 0.417 e. The third-order valence-electron chi connectivity index (χ3n) is 4.83. The number of benzene rings is 3. The second kappa shape index (κ2) is 11.8. The molecule has 0 aliphatic rings. The van der Waals surface area contributed by atoms with E-state index in [-0.39, 0.29) is 17.9 Å². The van der Waals surface area contributed by atoms with Crippen molar-refractivity contribution in [1.82, 2.24) is 5.43 Å². The van der Waals surface area contributed by atoms with Crippen LogP contribution in [0.2, 0.25) is 0 Å². The van der Waals surface area contributed by atoms with Crippen LogP contribution in [0.1, 0.15) is 16.7 Å². The normalized spacial score (nSPS) is 10.5. The zero-order valence-corrected chi connectivity index (χ0v) is 18.5. The molecule has 3 rings (SSSR count). The second-order valence-corrected chi connectivity index (χ2v) is 6.86. The van der Waals surface area contributed by atoms with Gasteiger partial charge in [0.15, 0.2) is 0 Å². The predicted octanol–water partition coefficient (Wildman–Crippen LogP) is 4.92. The van der Waals surface area contributed by atoms with Crippen molar-refractivity contribution >= 4 is 12.1 Å². The van der Waals surface area contributed by atoms with Crippen LogP contribution in [-0.2, 0) is 17.6 Å². The lowest BCUT2D eigenvalue weighted by Gasteiger charge is -2.17. The van der Waals surface area contributed by atoms with Gasteiger partial charge in [0.2, 0.25) is 6.41 Å². The number of alkyl halides is 3. The van der Waals surface area contributed by atoms with E-state index in [4.69, 9.17) is 14.3 Å². The molecule has 0 aliphatic carbocycles. The number of anilines is 1. The molecule has 0 aromatic heterocycles. The molecule has 0 radical (unpaired) electrons. The Morgan fingerprint density at radius 3 is 2.21 bits per heavy atom. The first-order chi connectivity index (χ1) is 15.7. The number of hydrogen-bond acceptors (Lipinski definition) is 5. The topological polar surface area (TPSA) is 85.6 Å². The fraction of sp³-hybridized carbons (Fsp3) is 0.208. The highest BCUT2D eigenvalue weighted by molar-refractivity contribution is 5.69. The molecule has 0 saturated carbocycles. The summed E-state index contributed by atoms with van der Waals surface area (Å²) in [6, 6.07) is 16.3. The van der Waals surface area contributed by atoms with Gasteiger partial charge in [0.05, 0.1) is 12.7 Å². The van der Waals surface area contributed by atoms with Gasteiger partial charge >= 0.3 is 6.18 Å². The minimum absolute atomic E-state index is 0.0966. The number of rotatable bonds is 7. The summed E-state index contributed by atoms with van der Waals surface area (Å²) >= 11 is 0. The molecule has 1 amide bonds. The summed E-state index contributed by atoms with van der Waals surface area (Å²) in [6.45, 7) is 2.11. The summed E-state index contributed by atoms with van der Waals surface area (Å²) in [6.07, 6.45) is -4.10. The Bertz CT molecular complexity index is 1060. The van der Waals surface area contributed by atoms with Gasteiger partial charge in [0.1, 0.15) is 18.1 Å². The van der Waals surface area contributed by atoms with Crippen molar-refractivity contribution in [3.05, 3.63) is 77.4 Å². The Morgan fingerprint density at radius 2 is 1.67 bits per heavy atom. The zero-order chi connectivity index (χ0) is 24.4. The molecule has 176 valence electrons. The Balaban J connectivity index is 0.000000890. The fourth-order valence-corrected chi connectivity index (χ4v) is 3.15. The maximum absolute atomic E-state index is 13.7. The summed E-state index contributed by atoms with van der Waals surface area (Å²) in [4.78, 5) is 8.94. The molecule has 0 atom stereocenters. The van der Waals surface area contributed by atoms with Gasteiger partial charge in [0.25, 0.3) is 0 Å². The zero-order valence-electron chi connectivity index (χ0n) is 18.5. The van der Waals surface area contributed by atoms with Crippen LogP contribution in [0.15, 0.2) is 60.7 Å². The van der Waals surface area contributed by atoms with Crippen molar-refractivity contribution in [3.63, 3.8) is 0 Å². The average molecular weight is 461 g/mol. The minimum Gasteiger partial charge on any atom is -0.497 e. The SMILES string of the molecule is CNc1cccc(C)c1COc1ccc(-c2ccc(OC)cc2)c(C(F)(F)F)c1.NNC=O. The maximum atomic E-state index is 13.7. The van der Waals surface area contributed by atoms with E-state index in [2.05, 4.69) is 11.2 Å². The quantitative estimate of drug-likeness (QED) is 0.201. The molecule has 0 heterocycles. The van der Waals surface area contributed by atoms with Gasteiger partial charge < -0.3 is 14.8 Å². The van der Waals surface area contributed by atoms with Crippen LogP contribution in [0, 0.1) is 6.92 Å². The molecular formula is C24H26F3N3O3. The fourth-order valence-electron chi connectivity index (χ4n) is 3.15. The van der Waals surface area contributed by atoms with E-state index in [0.29, 0.717) is 17.7 Å². The van der Waals surface area contributed by atoms with Crippen molar-refractivity contribution in [2.45, 2.75) is 19.7 Å². The van der Waals surface area contributed by atoms with Gasteiger partial charge in [-0.3, -0.25) is 10.2 Å². The molecule has 9 heteroatoms. The summed E-state index contributed by atoms with van der Waals surface area (Å²) < 4.78 is 51.9. The monoisotopic (exact) mass is 461 g/mol. The van der Waals surface area contributed by atoms with Crippen molar-refractivity contribution < 1.29 is 27.4 Å². The van der Waals surface area contributed by atoms with Crippen LogP contribution in [0.5, 0.6) is 11.5 Å². The van der Waals surface area contributed by atoms with Gasteiger partial charge in [-0.15, -0.1) is 0 Å². The van der Waals surface area contributed by atoms with Gasteiger partial charge in [-0.05, 0) is 53.9 Å². The van der Waals surface area contributed by atoms with E-state index in [1.807, 2.05) is 25.1 Å². The number of ether oxygens (including phenoxy) is 2. The number of carbonyl (C=O) groups is 1. The van der Waals surface area contributed by atoms with E-state index >= 15 is 0 Å². The molecule has 0 aliphatic heterocycles. The maximum Gasteiger partial charge on any atom is 0.417 e. The summed E-state index contributed by atoms with van der Waals surface area (Å²) in [5, 5.41) is 3.08. The first-order valence-electron chi connectivity index (χ1n) is 9.89. The lowest BCUT2D eigenvalue weighted by atomic mass is 9.99. The van der Waals surface area contributed by atoms with Crippen LogP contribution >= 0.6 is 0 Å². The lowest BCUT2D eigenvalue weighted by Crippen LogP contribution is -2.18. The molecule has 0 fully saturated rings. The molecule has 6 nitrogen and oxygen atoms in total. The van der Waals surface area contributed by atoms with Crippen molar-refractivity contribution in [1.29, 1.82) is 0 Å². The molecule has 4 N–H and O–H groups in total. The highest BCUT2D eigenvalue weighted by Crippen LogP contribution is 2.39. The number of nitrogens with one attached hydrogen (secondary N) is 2. The Labute approximate surface area is 190 Å². The van der Waals surface area contributed by atoms with Gasteiger partial charge in [-0.2, -0.15) is 13.2 Å². The third kappa shape index (κ3) is 6.88. The van der Waals surface area contributed by atoms with Crippen molar-refractivity contribution in [3.8, 4) is 22.6 Å². The molecule has 0 saturated heterocycles. The Kier molecular flexibility index (Phi) is 9.11. The van der Waals surface area contributed by atoms with Gasteiger partial charge in [0, 0.05) is 18.3 Å². The highest BCUT2D eigenvalue weighted by atomic mass is 19.4. The molecule has 3 aromatic rings. The number of aryl methyl sites for hydroxylation is 1. The molecule has 0 bridgehead atoms. The number of halogens is 3. The third-order valence-corrected chi connectivity index (χ3v) is 4.83. The number of methoxy groups -OCH3 is 1. The van der Waals surface area contributed by atoms with Gasteiger partial charge in [-0.25, -0.2) is 5.84 Å². The predicted molar refractivity (Wildman–Crippen MR) is 122 cm³/mol. The molecule has 33 heavy (non-hydrogen) atoms. The Morgan fingerprint density at radius 1 is 1.03 bits per heavy atom. The molecule has 0 unspecified atom stereocenters. The largest absolute Gasteiger partial charge is 0.497 e. The van der Waals surface area contributed by atoms with Crippen molar-refractivity contribution in [2.75, 3.05) is 19.5 Å². The molecule has 3 aromatic carbocycles. The summed E-state index contributed by atoms with van der Waals surface area (Å²) in [5.74, 6) is 5.16. The van der Waals surface area contributed by atoms with Gasteiger partial charge in [-0.1, -0.05) is 30.3 Å². The lowest BCUT2D eigenvalue weighted by molar-refractivity contribution is -0.137. The number of hydrazine groups is 1. The average Bonchev–Trinajstić information content (AvgIpc) is 2.82. The molecule has 0 spiro atoms. The first kappa shape index (κ1) is 25.5. The van der Waals surface area contributed by atoms with Crippen LogP contribution in [-0.4, -0.2) is 20.6 Å². The first-order valence-corrected chi connectivity index (χ1v) is 9.89. The Hall–Kier alpha value is -3.72. The standard InChI is InChI=1S/C23H22F3NO2.CH4N2O/c1-15-5-4-6-22(27-2)20(15)14-29-18-11-12-19(21(13-18)23(24,25)26)16-7-9-17(28-3)10-8-16;2-3-1-4/h4-13,27H,14H2,1-3H3;1H,2H2,(H,3,4). The van der Waals surface area contributed by atoms with E-state index in [1.54, 1.807) is 42.8 Å². The summed E-state index contributed by atoms with van der Waals surface area (Å²) in [5.41, 5.74) is 4.36. The number of amides is 1. The molecular weight excluding hydrogens is 435 g/mol. The van der Waals surface area contributed by atoms with Crippen LogP contribution in [0.4, 0.5) is 18.9 Å². The minimum atomic E-state index is -4.51.